The zero-order valence-corrected chi connectivity index (χ0v) is 9.20. The van der Waals surface area contributed by atoms with Gasteiger partial charge in [-0.3, -0.25) is 19.6 Å². The second-order valence-corrected chi connectivity index (χ2v) is 4.48. The fourth-order valence-corrected chi connectivity index (χ4v) is 2.09. The van der Waals surface area contributed by atoms with E-state index >= 15 is 0 Å². The van der Waals surface area contributed by atoms with Crippen LogP contribution >= 0.6 is 11.9 Å². The molecule has 84 valence electrons. The van der Waals surface area contributed by atoms with Crippen molar-refractivity contribution in [3.05, 3.63) is 33.9 Å². The smallest absolute Gasteiger partial charge is 0.284 e. The summed E-state index contributed by atoms with van der Waals surface area (Å²) < 4.78 is 3.13. The number of hydrogen-bond donors (Lipinski definition) is 1. The molecule has 0 spiro atoms. The molecule has 0 atom stereocenters. The lowest BCUT2D eigenvalue weighted by atomic mass is 10.2. The molecule has 0 heterocycles. The van der Waals surface area contributed by atoms with Crippen molar-refractivity contribution in [3.8, 4) is 0 Å². The Kier molecular flexibility index (Phi) is 3.21. The maximum atomic E-state index is 10.8. The van der Waals surface area contributed by atoms with Crippen molar-refractivity contribution in [2.75, 3.05) is 0 Å². The Morgan fingerprint density at radius 1 is 1.50 bits per heavy atom. The van der Waals surface area contributed by atoms with Crippen LogP contribution in [0.5, 0.6) is 0 Å². The van der Waals surface area contributed by atoms with Gasteiger partial charge in [0.05, 0.1) is 4.92 Å². The van der Waals surface area contributed by atoms with E-state index in [1.165, 1.54) is 18.0 Å². The molecule has 0 unspecified atom stereocenters. The first kappa shape index (κ1) is 11.1. The van der Waals surface area contributed by atoms with Gasteiger partial charge in [0.15, 0.2) is 0 Å². The minimum atomic E-state index is -0.468. The van der Waals surface area contributed by atoms with Crippen LogP contribution in [-0.2, 0) is 0 Å². The van der Waals surface area contributed by atoms with Crippen molar-refractivity contribution >= 4 is 23.9 Å². The van der Waals surface area contributed by atoms with E-state index in [0.29, 0.717) is 22.8 Å². The number of carbonyl (C=O) groups is 1. The summed E-state index contributed by atoms with van der Waals surface area (Å²) in [6.07, 6.45) is 2.84. The molecule has 1 aromatic carbocycles. The Labute approximate surface area is 96.5 Å². The lowest BCUT2D eigenvalue weighted by Crippen LogP contribution is -2.06. The number of nitrogens with zero attached hydrogens (tertiary/aromatic N) is 1. The Hall–Kier alpha value is -1.40. The molecule has 0 bridgehead atoms. The molecule has 2 rings (SSSR count). The van der Waals surface area contributed by atoms with Crippen LogP contribution in [0.1, 0.15) is 23.2 Å². The van der Waals surface area contributed by atoms with Crippen molar-refractivity contribution < 1.29 is 9.72 Å². The molecule has 0 radical (unpaired) electrons. The van der Waals surface area contributed by atoms with E-state index in [-0.39, 0.29) is 5.69 Å². The van der Waals surface area contributed by atoms with Gasteiger partial charge in [-0.1, -0.05) is 6.07 Å². The van der Waals surface area contributed by atoms with Gasteiger partial charge in [0.2, 0.25) is 0 Å². The molecular formula is C10H10N2O3S. The van der Waals surface area contributed by atoms with Gasteiger partial charge in [-0.2, -0.15) is 0 Å². The van der Waals surface area contributed by atoms with Gasteiger partial charge >= 0.3 is 0 Å². The highest BCUT2D eigenvalue weighted by Gasteiger charge is 2.23. The third kappa shape index (κ3) is 2.59. The van der Waals surface area contributed by atoms with Gasteiger partial charge in [-0.25, -0.2) is 0 Å². The highest BCUT2D eigenvalue weighted by molar-refractivity contribution is 7.97. The van der Waals surface area contributed by atoms with Gasteiger partial charge in [0.25, 0.3) is 5.69 Å². The van der Waals surface area contributed by atoms with Crippen LogP contribution in [0, 0.1) is 10.1 Å². The third-order valence-electron chi connectivity index (χ3n) is 2.23. The topological polar surface area (TPSA) is 72.2 Å². The van der Waals surface area contributed by atoms with Crippen LogP contribution in [0.4, 0.5) is 5.69 Å². The van der Waals surface area contributed by atoms with E-state index in [1.807, 2.05) is 0 Å². The predicted molar refractivity (Wildman–Crippen MR) is 60.5 cm³/mol. The highest BCUT2D eigenvalue weighted by Crippen LogP contribution is 2.31. The average Bonchev–Trinajstić information content (AvgIpc) is 3.09. The van der Waals surface area contributed by atoms with E-state index in [2.05, 4.69) is 4.72 Å². The third-order valence-corrected chi connectivity index (χ3v) is 3.24. The SMILES string of the molecule is O=Cc1ccc(SNC2CC2)c([N+](=O)[O-])c1. The van der Waals surface area contributed by atoms with Crippen LogP contribution < -0.4 is 4.72 Å². The van der Waals surface area contributed by atoms with Crippen molar-refractivity contribution in [2.45, 2.75) is 23.8 Å². The predicted octanol–water partition coefficient (Wildman–Crippen LogP) is 2.17. The molecule has 16 heavy (non-hydrogen) atoms. The van der Waals surface area contributed by atoms with E-state index < -0.39 is 4.92 Å². The largest absolute Gasteiger partial charge is 0.298 e. The minimum Gasteiger partial charge on any atom is -0.298 e. The number of nitro groups is 1. The molecule has 6 heteroatoms. The summed E-state index contributed by atoms with van der Waals surface area (Å²) in [5.41, 5.74) is 0.297. The van der Waals surface area contributed by atoms with Gasteiger partial charge in [-0.05, 0) is 30.9 Å². The summed E-state index contributed by atoms with van der Waals surface area (Å²) in [6.45, 7) is 0. The molecular weight excluding hydrogens is 228 g/mol. The minimum absolute atomic E-state index is 0.0252. The molecule has 5 nitrogen and oxygen atoms in total. The maximum absolute atomic E-state index is 10.8. The Balaban J connectivity index is 2.19. The zero-order valence-electron chi connectivity index (χ0n) is 8.38. The number of carbonyl (C=O) groups excluding carboxylic acids is 1. The second kappa shape index (κ2) is 4.63. The fourth-order valence-electron chi connectivity index (χ4n) is 1.18. The molecule has 1 aliphatic rings. The lowest BCUT2D eigenvalue weighted by Gasteiger charge is -2.03. The first-order chi connectivity index (χ1) is 7.70. The van der Waals surface area contributed by atoms with E-state index in [9.17, 15) is 14.9 Å². The van der Waals surface area contributed by atoms with Crippen molar-refractivity contribution in [1.82, 2.24) is 4.72 Å². The summed E-state index contributed by atoms with van der Waals surface area (Å²) >= 11 is 1.26. The first-order valence-corrected chi connectivity index (χ1v) is 5.68. The Morgan fingerprint density at radius 3 is 2.81 bits per heavy atom. The van der Waals surface area contributed by atoms with Crippen molar-refractivity contribution in [2.24, 2.45) is 0 Å². The lowest BCUT2D eigenvalue weighted by molar-refractivity contribution is -0.387. The number of nitro benzene ring substituents is 1. The van der Waals surface area contributed by atoms with Crippen LogP contribution in [0.15, 0.2) is 23.1 Å². The molecule has 1 aromatic rings. The van der Waals surface area contributed by atoms with Crippen LogP contribution in [0.3, 0.4) is 0 Å². The average molecular weight is 238 g/mol. The summed E-state index contributed by atoms with van der Waals surface area (Å²) in [7, 11) is 0. The molecule has 1 saturated carbocycles. The Bertz CT molecular complexity index is 432. The number of nitrogens with one attached hydrogen (secondary N) is 1. The van der Waals surface area contributed by atoms with Crippen LogP contribution in [0.2, 0.25) is 0 Å². The quantitative estimate of drug-likeness (QED) is 0.368. The summed E-state index contributed by atoms with van der Waals surface area (Å²) in [6, 6.07) is 4.94. The maximum Gasteiger partial charge on any atom is 0.284 e. The van der Waals surface area contributed by atoms with Gasteiger partial charge in [0, 0.05) is 17.7 Å². The number of rotatable bonds is 5. The van der Waals surface area contributed by atoms with Gasteiger partial charge in [0.1, 0.15) is 11.2 Å². The molecule has 1 fully saturated rings. The monoisotopic (exact) mass is 238 g/mol. The Morgan fingerprint density at radius 2 is 2.25 bits per heavy atom. The first-order valence-electron chi connectivity index (χ1n) is 4.86. The van der Waals surface area contributed by atoms with E-state index in [1.54, 1.807) is 12.1 Å². The normalized spacial score (nSPS) is 14.8. The van der Waals surface area contributed by atoms with Gasteiger partial charge in [-0.15, -0.1) is 0 Å². The number of benzene rings is 1. The molecule has 0 aliphatic heterocycles. The van der Waals surface area contributed by atoms with E-state index in [0.717, 1.165) is 12.8 Å². The summed E-state index contributed by atoms with van der Waals surface area (Å²) in [5.74, 6) is 0. The summed E-state index contributed by atoms with van der Waals surface area (Å²) in [5, 5.41) is 10.8. The number of aldehydes is 1. The second-order valence-electron chi connectivity index (χ2n) is 3.60. The molecule has 0 amide bonds. The van der Waals surface area contributed by atoms with Crippen molar-refractivity contribution in [1.29, 1.82) is 0 Å². The standard InChI is InChI=1S/C10H10N2O3S/c13-6-7-1-4-10(9(5-7)12(14)15)16-11-8-2-3-8/h1,4-6,8,11H,2-3H2. The molecule has 0 saturated heterocycles. The molecule has 0 aromatic heterocycles. The summed E-state index contributed by atoms with van der Waals surface area (Å²) in [4.78, 5) is 21.4. The zero-order chi connectivity index (χ0) is 11.5. The molecule has 1 aliphatic carbocycles. The molecule has 1 N–H and O–H groups in total. The van der Waals surface area contributed by atoms with Crippen LogP contribution in [-0.4, -0.2) is 17.3 Å². The van der Waals surface area contributed by atoms with Crippen molar-refractivity contribution in [3.63, 3.8) is 0 Å². The van der Waals surface area contributed by atoms with Gasteiger partial charge < -0.3 is 0 Å². The number of hydrogen-bond acceptors (Lipinski definition) is 5. The van der Waals surface area contributed by atoms with E-state index in [4.69, 9.17) is 0 Å². The van der Waals surface area contributed by atoms with Crippen LogP contribution in [0.25, 0.3) is 0 Å². The highest BCUT2D eigenvalue weighted by atomic mass is 32.2. The fraction of sp³-hybridized carbons (Fsp3) is 0.300.